The maximum absolute atomic E-state index is 13.7. The van der Waals surface area contributed by atoms with Gasteiger partial charge in [-0.1, -0.05) is 25.1 Å². The molecule has 0 atom stereocenters. The molecule has 0 aliphatic rings. The Balaban J connectivity index is 2.37. The quantitative estimate of drug-likeness (QED) is 0.795. The first kappa shape index (κ1) is 14.7. The highest BCUT2D eigenvalue weighted by molar-refractivity contribution is 5.67. The van der Waals surface area contributed by atoms with E-state index < -0.39 is 0 Å². The molecule has 0 heterocycles. The summed E-state index contributed by atoms with van der Waals surface area (Å²) in [6, 6.07) is 9.68. The molecule has 20 heavy (non-hydrogen) atoms. The van der Waals surface area contributed by atoms with Crippen LogP contribution in [0.3, 0.4) is 0 Å². The van der Waals surface area contributed by atoms with Crippen LogP contribution in [0.15, 0.2) is 36.4 Å². The first-order valence-electron chi connectivity index (χ1n) is 6.87. The van der Waals surface area contributed by atoms with Gasteiger partial charge in [-0.2, -0.15) is 0 Å². The fraction of sp³-hybridized carbons (Fsp3) is 0.294. The number of hydrogen-bond acceptors (Lipinski definition) is 1. The molecule has 0 unspecified atom stereocenters. The van der Waals surface area contributed by atoms with Gasteiger partial charge in [0.25, 0.3) is 0 Å². The predicted octanol–water partition coefficient (Wildman–Crippen LogP) is 4.44. The molecular weight excluding hydrogens is 256 g/mol. The fourth-order valence-electron chi connectivity index (χ4n) is 2.13. The van der Waals surface area contributed by atoms with Crippen LogP contribution < -0.4 is 5.32 Å². The summed E-state index contributed by atoms with van der Waals surface area (Å²) in [6.45, 7) is 5.36. The number of nitrogens with one attached hydrogen (secondary N) is 1. The highest BCUT2D eigenvalue weighted by atomic mass is 19.1. The normalized spacial score (nSPS) is 10.8. The smallest absolute Gasteiger partial charge is 0.126 e. The number of hydrogen-bond donors (Lipinski definition) is 1. The molecule has 2 rings (SSSR count). The van der Waals surface area contributed by atoms with Crippen molar-refractivity contribution in [1.82, 2.24) is 5.32 Å². The summed E-state index contributed by atoms with van der Waals surface area (Å²) < 4.78 is 27.2. The Labute approximate surface area is 118 Å². The van der Waals surface area contributed by atoms with Crippen molar-refractivity contribution in [2.75, 3.05) is 6.54 Å². The van der Waals surface area contributed by atoms with E-state index >= 15 is 0 Å². The number of halogens is 2. The second kappa shape index (κ2) is 6.62. The molecule has 0 bridgehead atoms. The van der Waals surface area contributed by atoms with Crippen molar-refractivity contribution in [3.63, 3.8) is 0 Å². The van der Waals surface area contributed by atoms with Gasteiger partial charge >= 0.3 is 0 Å². The van der Waals surface area contributed by atoms with Crippen molar-refractivity contribution in [2.24, 2.45) is 0 Å². The Morgan fingerprint density at radius 2 is 1.85 bits per heavy atom. The molecule has 2 aromatic carbocycles. The van der Waals surface area contributed by atoms with Crippen molar-refractivity contribution in [2.45, 2.75) is 26.8 Å². The van der Waals surface area contributed by atoms with Gasteiger partial charge in [0.1, 0.15) is 11.6 Å². The van der Waals surface area contributed by atoms with Crippen LogP contribution in [0.25, 0.3) is 11.1 Å². The average Bonchev–Trinajstić information content (AvgIpc) is 2.44. The molecule has 0 fully saturated rings. The summed E-state index contributed by atoms with van der Waals surface area (Å²) in [5, 5.41) is 3.29. The van der Waals surface area contributed by atoms with Gasteiger partial charge in [0.2, 0.25) is 0 Å². The van der Waals surface area contributed by atoms with E-state index in [2.05, 4.69) is 12.2 Å². The van der Waals surface area contributed by atoms with Crippen LogP contribution in [-0.2, 0) is 6.54 Å². The van der Waals surface area contributed by atoms with E-state index in [4.69, 9.17) is 0 Å². The van der Waals surface area contributed by atoms with Crippen molar-refractivity contribution in [1.29, 1.82) is 0 Å². The molecule has 1 N–H and O–H groups in total. The molecule has 0 saturated heterocycles. The third-order valence-corrected chi connectivity index (χ3v) is 3.30. The lowest BCUT2D eigenvalue weighted by molar-refractivity contribution is 0.618. The zero-order valence-electron chi connectivity index (χ0n) is 11.8. The maximum Gasteiger partial charge on any atom is 0.126 e. The van der Waals surface area contributed by atoms with Gasteiger partial charge < -0.3 is 5.32 Å². The van der Waals surface area contributed by atoms with E-state index in [1.54, 1.807) is 19.1 Å². The monoisotopic (exact) mass is 275 g/mol. The summed E-state index contributed by atoms with van der Waals surface area (Å²) >= 11 is 0. The molecule has 0 aliphatic heterocycles. The van der Waals surface area contributed by atoms with E-state index in [0.29, 0.717) is 17.7 Å². The van der Waals surface area contributed by atoms with Gasteiger partial charge in [0, 0.05) is 6.54 Å². The maximum atomic E-state index is 13.7. The third kappa shape index (κ3) is 3.42. The average molecular weight is 275 g/mol. The van der Waals surface area contributed by atoms with Crippen LogP contribution in [0.5, 0.6) is 0 Å². The van der Waals surface area contributed by atoms with Crippen LogP contribution in [0.4, 0.5) is 8.78 Å². The molecule has 0 aromatic heterocycles. The van der Waals surface area contributed by atoms with E-state index in [-0.39, 0.29) is 11.6 Å². The van der Waals surface area contributed by atoms with Crippen molar-refractivity contribution < 1.29 is 8.78 Å². The zero-order valence-corrected chi connectivity index (χ0v) is 11.8. The van der Waals surface area contributed by atoms with Gasteiger partial charge in [-0.3, -0.25) is 0 Å². The van der Waals surface area contributed by atoms with Crippen LogP contribution >= 0.6 is 0 Å². The minimum atomic E-state index is -0.305. The molecule has 3 heteroatoms. The molecular formula is C17H19F2N. The summed E-state index contributed by atoms with van der Waals surface area (Å²) in [7, 11) is 0. The first-order chi connectivity index (χ1) is 9.61. The largest absolute Gasteiger partial charge is 0.313 e. The summed E-state index contributed by atoms with van der Waals surface area (Å²) in [5.74, 6) is -0.570. The lowest BCUT2D eigenvalue weighted by Gasteiger charge is -2.11. The van der Waals surface area contributed by atoms with Crippen LogP contribution in [0.2, 0.25) is 0 Å². The fourth-order valence-corrected chi connectivity index (χ4v) is 2.13. The minimum Gasteiger partial charge on any atom is -0.313 e. The van der Waals surface area contributed by atoms with Crippen LogP contribution in [0.1, 0.15) is 24.5 Å². The van der Waals surface area contributed by atoms with E-state index in [0.717, 1.165) is 24.1 Å². The minimum absolute atomic E-state index is 0.265. The molecule has 0 amide bonds. The number of benzene rings is 2. The highest BCUT2D eigenvalue weighted by Crippen LogP contribution is 2.26. The van der Waals surface area contributed by atoms with Gasteiger partial charge in [-0.05, 0) is 60.3 Å². The second-order valence-corrected chi connectivity index (χ2v) is 4.94. The highest BCUT2D eigenvalue weighted by Gasteiger charge is 2.08. The van der Waals surface area contributed by atoms with Gasteiger partial charge in [0.15, 0.2) is 0 Å². The number of rotatable bonds is 5. The molecule has 106 valence electrons. The van der Waals surface area contributed by atoms with Crippen LogP contribution in [-0.4, -0.2) is 6.54 Å². The topological polar surface area (TPSA) is 12.0 Å². The van der Waals surface area contributed by atoms with Crippen molar-refractivity contribution >= 4 is 0 Å². The summed E-state index contributed by atoms with van der Waals surface area (Å²) in [4.78, 5) is 0. The zero-order chi connectivity index (χ0) is 14.5. The Hall–Kier alpha value is -1.74. The van der Waals surface area contributed by atoms with E-state index in [1.165, 1.54) is 18.2 Å². The molecule has 0 radical (unpaired) electrons. The van der Waals surface area contributed by atoms with Gasteiger partial charge in [0.05, 0.1) is 0 Å². The van der Waals surface area contributed by atoms with E-state index in [9.17, 15) is 8.78 Å². The Bertz CT molecular complexity index is 594. The van der Waals surface area contributed by atoms with Crippen LogP contribution in [0, 0.1) is 18.6 Å². The first-order valence-corrected chi connectivity index (χ1v) is 6.87. The lowest BCUT2D eigenvalue weighted by atomic mass is 9.98. The van der Waals surface area contributed by atoms with Crippen molar-refractivity contribution in [3.05, 3.63) is 59.2 Å². The molecule has 0 saturated carbocycles. The van der Waals surface area contributed by atoms with Gasteiger partial charge in [-0.25, -0.2) is 8.78 Å². The van der Waals surface area contributed by atoms with Crippen molar-refractivity contribution in [3.8, 4) is 11.1 Å². The Morgan fingerprint density at radius 1 is 1.05 bits per heavy atom. The molecule has 1 nitrogen and oxygen atoms in total. The third-order valence-electron chi connectivity index (χ3n) is 3.30. The molecule has 2 aromatic rings. The lowest BCUT2D eigenvalue weighted by Crippen LogP contribution is -2.14. The number of aryl methyl sites for hydroxylation is 1. The predicted molar refractivity (Wildman–Crippen MR) is 78.5 cm³/mol. The Kier molecular flexibility index (Phi) is 4.85. The van der Waals surface area contributed by atoms with E-state index in [1.807, 2.05) is 6.07 Å². The summed E-state index contributed by atoms with van der Waals surface area (Å²) in [6.07, 6.45) is 1.04. The second-order valence-electron chi connectivity index (χ2n) is 4.94. The SMILES string of the molecule is CCCNCc1ccc(F)cc1-c1ccc(C)c(F)c1. The Morgan fingerprint density at radius 3 is 2.55 bits per heavy atom. The molecule has 0 aliphatic carbocycles. The molecule has 0 spiro atoms. The summed E-state index contributed by atoms with van der Waals surface area (Å²) in [5.41, 5.74) is 3.02. The van der Waals surface area contributed by atoms with Gasteiger partial charge in [-0.15, -0.1) is 0 Å². The standard InChI is InChI=1S/C17H19F2N/c1-3-8-20-11-14-6-7-15(18)10-16(14)13-5-4-12(2)17(19)9-13/h4-7,9-10,20H,3,8,11H2,1-2H3.